The number of anilines is 2. The van der Waals surface area contributed by atoms with Crippen LogP contribution in [-0.4, -0.2) is 19.1 Å². The second-order valence-electron chi connectivity index (χ2n) is 2.89. The molecule has 0 aliphatic carbocycles. The van der Waals surface area contributed by atoms with Crippen LogP contribution in [0.5, 0.6) is 0 Å². The van der Waals surface area contributed by atoms with Crippen LogP contribution in [-0.2, 0) is 10.0 Å². The van der Waals surface area contributed by atoms with Crippen LogP contribution in [0, 0.1) is 0 Å². The van der Waals surface area contributed by atoms with Crippen LogP contribution in [0.15, 0.2) is 24.3 Å². The van der Waals surface area contributed by atoms with Crippen molar-refractivity contribution in [3.63, 3.8) is 0 Å². The minimum absolute atomic E-state index is 0.179. The van der Waals surface area contributed by atoms with Gasteiger partial charge in [0.1, 0.15) is 4.66 Å². The minimum atomic E-state index is -3.35. The average molecular weight is 308 g/mol. The predicted octanol–water partition coefficient (Wildman–Crippen LogP) is 1.27. The maximum absolute atomic E-state index is 11.2. The van der Waals surface area contributed by atoms with Gasteiger partial charge in [0, 0.05) is 11.4 Å². The van der Waals surface area contributed by atoms with Gasteiger partial charge in [-0.2, -0.15) is 0 Å². The topological polar surface area (TPSA) is 101 Å². The summed E-state index contributed by atoms with van der Waals surface area (Å²) in [7, 11) is -3.35. The Balaban J connectivity index is 2.76. The first-order valence-electron chi connectivity index (χ1n) is 4.16. The zero-order valence-electron chi connectivity index (χ0n) is 8.10. The largest absolute Gasteiger partial charge is 0.351 e. The van der Waals surface area contributed by atoms with E-state index in [0.717, 1.165) is 0 Å². The summed E-state index contributed by atoms with van der Waals surface area (Å²) in [6, 6.07) is 5.44. The minimum Gasteiger partial charge on any atom is -0.351 e. The monoisotopic (exact) mass is 307 g/mol. The second-order valence-corrected chi connectivity index (χ2v) is 5.92. The van der Waals surface area contributed by atoms with Crippen molar-refractivity contribution < 1.29 is 13.2 Å². The molecule has 0 spiro atoms. The number of sulfonamides is 1. The van der Waals surface area contributed by atoms with Crippen LogP contribution in [0.4, 0.5) is 16.2 Å². The molecule has 0 aliphatic heterocycles. The van der Waals surface area contributed by atoms with E-state index in [1.807, 2.05) is 0 Å². The highest BCUT2D eigenvalue weighted by Crippen LogP contribution is 2.15. The smallest absolute Gasteiger partial charge is 0.316 e. The standard InChI is InChI=1S/C8H10BrN3O3S/c9-5-16(14,15)12-7-3-1-6(2-4-7)11-8(10)13/h1-4,12H,5H2,(H3,10,11,13). The molecule has 8 heteroatoms. The summed E-state index contributed by atoms with van der Waals surface area (Å²) in [5.41, 5.74) is 5.82. The Morgan fingerprint density at radius 2 is 1.75 bits per heavy atom. The number of urea groups is 1. The van der Waals surface area contributed by atoms with E-state index < -0.39 is 16.1 Å². The molecule has 0 aliphatic rings. The Bertz CT molecular complexity index is 472. The van der Waals surface area contributed by atoms with Crippen molar-refractivity contribution in [3.05, 3.63) is 24.3 Å². The van der Waals surface area contributed by atoms with Crippen molar-refractivity contribution in [2.24, 2.45) is 5.73 Å². The fraction of sp³-hybridized carbons (Fsp3) is 0.125. The number of hydrogen-bond donors (Lipinski definition) is 3. The van der Waals surface area contributed by atoms with Gasteiger partial charge in [-0.15, -0.1) is 0 Å². The molecule has 1 aromatic carbocycles. The Hall–Kier alpha value is -1.28. The molecule has 0 aromatic heterocycles. The molecule has 88 valence electrons. The highest BCUT2D eigenvalue weighted by molar-refractivity contribution is 9.10. The van der Waals surface area contributed by atoms with Crippen LogP contribution in [0.1, 0.15) is 0 Å². The first-order chi connectivity index (χ1) is 7.43. The van der Waals surface area contributed by atoms with Gasteiger partial charge < -0.3 is 11.1 Å². The maximum Gasteiger partial charge on any atom is 0.316 e. The van der Waals surface area contributed by atoms with Crippen molar-refractivity contribution in [2.75, 3.05) is 14.7 Å². The number of carbonyl (C=O) groups is 1. The summed E-state index contributed by atoms with van der Waals surface area (Å²) >= 11 is 2.85. The van der Waals surface area contributed by atoms with E-state index in [9.17, 15) is 13.2 Å². The van der Waals surface area contributed by atoms with Gasteiger partial charge in [-0.1, -0.05) is 15.9 Å². The van der Waals surface area contributed by atoms with Gasteiger partial charge in [0.25, 0.3) is 0 Å². The molecule has 1 rings (SSSR count). The number of halogens is 1. The SMILES string of the molecule is NC(=O)Nc1ccc(NS(=O)(=O)CBr)cc1. The fourth-order valence-electron chi connectivity index (χ4n) is 0.971. The lowest BCUT2D eigenvalue weighted by Crippen LogP contribution is -2.19. The maximum atomic E-state index is 11.2. The van der Waals surface area contributed by atoms with Crippen LogP contribution in [0.3, 0.4) is 0 Å². The fourth-order valence-corrected chi connectivity index (χ4v) is 1.86. The molecule has 0 bridgehead atoms. The number of carbonyl (C=O) groups excluding carboxylic acids is 1. The van der Waals surface area contributed by atoms with Gasteiger partial charge in [-0.3, -0.25) is 4.72 Å². The molecule has 16 heavy (non-hydrogen) atoms. The number of hydrogen-bond acceptors (Lipinski definition) is 3. The Kier molecular flexibility index (Phi) is 4.13. The quantitative estimate of drug-likeness (QED) is 0.730. The highest BCUT2D eigenvalue weighted by Gasteiger charge is 2.07. The van der Waals surface area contributed by atoms with Crippen molar-refractivity contribution in [1.82, 2.24) is 0 Å². The third-order valence-corrected chi connectivity index (χ3v) is 4.21. The van der Waals surface area contributed by atoms with E-state index in [0.29, 0.717) is 11.4 Å². The summed E-state index contributed by atoms with van der Waals surface area (Å²) in [6.45, 7) is 0. The molecule has 6 nitrogen and oxygen atoms in total. The summed E-state index contributed by atoms with van der Waals surface area (Å²) in [6.07, 6.45) is 0. The van der Waals surface area contributed by atoms with Gasteiger partial charge >= 0.3 is 6.03 Å². The van der Waals surface area contributed by atoms with Gasteiger partial charge in [0.2, 0.25) is 10.0 Å². The van der Waals surface area contributed by atoms with E-state index in [1.165, 1.54) is 24.3 Å². The van der Waals surface area contributed by atoms with Crippen LogP contribution >= 0.6 is 15.9 Å². The van der Waals surface area contributed by atoms with Crippen molar-refractivity contribution in [2.45, 2.75) is 0 Å². The van der Waals surface area contributed by atoms with Crippen LogP contribution < -0.4 is 15.8 Å². The van der Waals surface area contributed by atoms with Gasteiger partial charge in [0.15, 0.2) is 0 Å². The van der Waals surface area contributed by atoms with Crippen LogP contribution in [0.25, 0.3) is 0 Å². The lowest BCUT2D eigenvalue weighted by molar-refractivity contribution is 0.259. The predicted molar refractivity (Wildman–Crippen MR) is 66.0 cm³/mol. The molecule has 1 aromatic rings. The van der Waals surface area contributed by atoms with Crippen molar-refractivity contribution in [3.8, 4) is 0 Å². The second kappa shape index (κ2) is 5.17. The number of alkyl halides is 1. The molecule has 0 fully saturated rings. The number of primary amides is 1. The van der Waals surface area contributed by atoms with E-state index in [4.69, 9.17) is 5.73 Å². The first-order valence-corrected chi connectivity index (χ1v) is 6.93. The van der Waals surface area contributed by atoms with Gasteiger partial charge in [0.05, 0.1) is 0 Å². The zero-order chi connectivity index (χ0) is 12.2. The number of nitrogens with two attached hydrogens (primary N) is 1. The Morgan fingerprint density at radius 3 is 2.19 bits per heavy atom. The summed E-state index contributed by atoms with van der Waals surface area (Å²) in [4.78, 5) is 10.5. The van der Waals surface area contributed by atoms with Crippen molar-refractivity contribution in [1.29, 1.82) is 0 Å². The summed E-state index contributed by atoms with van der Waals surface area (Å²) < 4.78 is 24.5. The van der Waals surface area contributed by atoms with E-state index >= 15 is 0 Å². The molecule has 0 radical (unpaired) electrons. The molecule has 0 unspecified atom stereocenters. The van der Waals surface area contributed by atoms with E-state index in [-0.39, 0.29) is 4.66 Å². The number of benzene rings is 1. The van der Waals surface area contributed by atoms with Crippen LogP contribution in [0.2, 0.25) is 0 Å². The summed E-state index contributed by atoms with van der Waals surface area (Å²) in [5, 5.41) is 2.36. The molecule has 0 saturated heterocycles. The van der Waals surface area contributed by atoms with E-state index in [2.05, 4.69) is 26.0 Å². The summed E-state index contributed by atoms with van der Waals surface area (Å²) in [5.74, 6) is 0. The molecule has 0 heterocycles. The molecular formula is C8H10BrN3O3S. The number of nitrogens with one attached hydrogen (secondary N) is 2. The Labute approximate surface area is 101 Å². The molecule has 2 amide bonds. The lowest BCUT2D eigenvalue weighted by Gasteiger charge is -2.06. The molecule has 0 atom stereocenters. The Morgan fingerprint density at radius 1 is 1.25 bits per heavy atom. The lowest BCUT2D eigenvalue weighted by atomic mass is 10.3. The third-order valence-electron chi connectivity index (χ3n) is 1.57. The number of rotatable bonds is 4. The third kappa shape index (κ3) is 4.07. The highest BCUT2D eigenvalue weighted by atomic mass is 79.9. The zero-order valence-corrected chi connectivity index (χ0v) is 10.5. The van der Waals surface area contributed by atoms with Gasteiger partial charge in [-0.25, -0.2) is 13.2 Å². The molecule has 0 saturated carbocycles. The molecule has 4 N–H and O–H groups in total. The normalized spacial score (nSPS) is 10.8. The van der Waals surface area contributed by atoms with Gasteiger partial charge in [-0.05, 0) is 24.3 Å². The van der Waals surface area contributed by atoms with E-state index in [1.54, 1.807) is 0 Å². The van der Waals surface area contributed by atoms with Crippen molar-refractivity contribution >= 4 is 43.4 Å². The number of amides is 2. The molecular weight excluding hydrogens is 298 g/mol. The first kappa shape index (κ1) is 12.8. The average Bonchev–Trinajstić information content (AvgIpc) is 2.20.